The largest absolute Gasteiger partial charge is 0.469 e. The average Bonchev–Trinajstić information content (AvgIpc) is 2.91. The van der Waals surface area contributed by atoms with Crippen molar-refractivity contribution in [1.29, 1.82) is 0 Å². The number of likely N-dealkylation sites (tertiary alicyclic amines) is 1. The summed E-state index contributed by atoms with van der Waals surface area (Å²) in [4.78, 5) is 27.9. The smallest absolute Gasteiger partial charge is 0.307 e. The molecule has 1 aliphatic heterocycles. The van der Waals surface area contributed by atoms with Crippen molar-refractivity contribution in [3.8, 4) is 0 Å². The number of thiophene rings is 1. The van der Waals surface area contributed by atoms with Crippen molar-refractivity contribution in [1.82, 2.24) is 4.90 Å². The first kappa shape index (κ1) is 15.8. The van der Waals surface area contributed by atoms with Crippen molar-refractivity contribution in [2.24, 2.45) is 0 Å². The fourth-order valence-electron chi connectivity index (χ4n) is 2.57. The molecule has 1 atom stereocenters. The van der Waals surface area contributed by atoms with E-state index in [1.54, 1.807) is 22.3 Å². The van der Waals surface area contributed by atoms with Crippen LogP contribution in [0.3, 0.4) is 0 Å². The van der Waals surface area contributed by atoms with Crippen LogP contribution in [-0.4, -0.2) is 36.5 Å². The van der Waals surface area contributed by atoms with Gasteiger partial charge in [0.1, 0.15) is 0 Å². The molecule has 2 rings (SSSR count). The van der Waals surface area contributed by atoms with E-state index in [1.807, 2.05) is 25.1 Å². The molecule has 1 saturated heterocycles. The van der Waals surface area contributed by atoms with Crippen molar-refractivity contribution >= 4 is 29.3 Å². The minimum atomic E-state index is -0.252. The van der Waals surface area contributed by atoms with Crippen molar-refractivity contribution in [2.45, 2.75) is 38.6 Å². The van der Waals surface area contributed by atoms with E-state index in [4.69, 9.17) is 4.74 Å². The minimum Gasteiger partial charge on any atom is -0.469 e. The molecule has 1 aromatic heterocycles. The summed E-state index contributed by atoms with van der Waals surface area (Å²) in [7, 11) is 1.39. The molecule has 4 nitrogen and oxygen atoms in total. The molecule has 0 saturated carbocycles. The van der Waals surface area contributed by atoms with Crippen LogP contribution in [0.5, 0.6) is 0 Å². The summed E-state index contributed by atoms with van der Waals surface area (Å²) < 4.78 is 4.72. The van der Waals surface area contributed by atoms with Crippen molar-refractivity contribution in [3.05, 3.63) is 28.0 Å². The normalized spacial score (nSPS) is 19.0. The third-order valence-corrected chi connectivity index (χ3v) is 4.66. The van der Waals surface area contributed by atoms with Crippen LogP contribution in [0.25, 0.3) is 6.08 Å². The highest BCUT2D eigenvalue weighted by Gasteiger charge is 2.27. The van der Waals surface area contributed by atoms with E-state index < -0.39 is 0 Å². The molecule has 0 aliphatic carbocycles. The molecule has 5 heteroatoms. The lowest BCUT2D eigenvalue weighted by molar-refractivity contribution is -0.143. The lowest BCUT2D eigenvalue weighted by Gasteiger charge is -2.34. The number of methoxy groups -OCH3 is 1. The molecular weight excluding hydrogens is 286 g/mol. The summed E-state index contributed by atoms with van der Waals surface area (Å²) in [6.07, 6.45) is 6.67. The minimum absolute atomic E-state index is 0.0188. The molecule has 21 heavy (non-hydrogen) atoms. The van der Waals surface area contributed by atoms with Gasteiger partial charge in [0.05, 0.1) is 13.5 Å². The zero-order valence-electron chi connectivity index (χ0n) is 12.5. The van der Waals surface area contributed by atoms with E-state index in [1.165, 1.54) is 12.0 Å². The van der Waals surface area contributed by atoms with Gasteiger partial charge in [-0.3, -0.25) is 9.59 Å². The van der Waals surface area contributed by atoms with E-state index in [2.05, 4.69) is 0 Å². The first-order chi connectivity index (χ1) is 10.1. The first-order valence-corrected chi connectivity index (χ1v) is 8.03. The number of hydrogen-bond acceptors (Lipinski definition) is 4. The predicted molar refractivity (Wildman–Crippen MR) is 84.1 cm³/mol. The van der Waals surface area contributed by atoms with Crippen LogP contribution >= 0.6 is 11.3 Å². The highest BCUT2D eigenvalue weighted by atomic mass is 32.1. The Kier molecular flexibility index (Phi) is 5.56. The Morgan fingerprint density at radius 1 is 1.43 bits per heavy atom. The maximum Gasteiger partial charge on any atom is 0.307 e. The van der Waals surface area contributed by atoms with E-state index in [0.29, 0.717) is 6.54 Å². The first-order valence-electron chi connectivity index (χ1n) is 7.22. The highest BCUT2D eigenvalue weighted by Crippen LogP contribution is 2.21. The van der Waals surface area contributed by atoms with Gasteiger partial charge in [0.15, 0.2) is 0 Å². The highest BCUT2D eigenvalue weighted by molar-refractivity contribution is 7.12. The fourth-order valence-corrected chi connectivity index (χ4v) is 3.35. The van der Waals surface area contributed by atoms with Crippen molar-refractivity contribution in [3.63, 3.8) is 0 Å². The summed E-state index contributed by atoms with van der Waals surface area (Å²) in [5.74, 6) is -0.271. The zero-order chi connectivity index (χ0) is 15.2. The lowest BCUT2D eigenvalue weighted by atomic mass is 9.99. The van der Waals surface area contributed by atoms with E-state index >= 15 is 0 Å². The molecule has 0 N–H and O–H groups in total. The van der Waals surface area contributed by atoms with Crippen LogP contribution in [0.4, 0.5) is 0 Å². The second-order valence-electron chi connectivity index (χ2n) is 5.24. The second-order valence-corrected chi connectivity index (χ2v) is 6.56. The number of carbonyl (C=O) groups excluding carboxylic acids is 2. The standard InChI is InChI=1S/C16H21NO3S/c1-12-6-7-14(21-12)8-9-15(18)17-10-4-3-5-13(17)11-16(19)20-2/h6-9,13H,3-5,10-11H2,1-2H3/b9-8+. The summed E-state index contributed by atoms with van der Waals surface area (Å²) in [5.41, 5.74) is 0. The predicted octanol–water partition coefficient (Wildman–Crippen LogP) is 3.01. The third kappa shape index (κ3) is 4.43. The maximum absolute atomic E-state index is 12.4. The van der Waals surface area contributed by atoms with E-state index in [0.717, 1.165) is 24.1 Å². The molecule has 0 radical (unpaired) electrons. The molecule has 1 amide bonds. The summed E-state index contributed by atoms with van der Waals surface area (Å²) in [5, 5.41) is 0. The monoisotopic (exact) mass is 307 g/mol. The van der Waals surface area contributed by atoms with Gasteiger partial charge in [0, 0.05) is 28.4 Å². The van der Waals surface area contributed by atoms with Crippen LogP contribution < -0.4 is 0 Å². The topological polar surface area (TPSA) is 46.6 Å². The van der Waals surface area contributed by atoms with Crippen LogP contribution in [0.15, 0.2) is 18.2 Å². The van der Waals surface area contributed by atoms with E-state index in [9.17, 15) is 9.59 Å². The Morgan fingerprint density at radius 3 is 2.90 bits per heavy atom. The van der Waals surface area contributed by atoms with Crippen LogP contribution in [0.1, 0.15) is 35.4 Å². The molecule has 1 aliphatic rings. The van der Waals surface area contributed by atoms with Crippen LogP contribution in [0.2, 0.25) is 0 Å². The lowest BCUT2D eigenvalue weighted by Crippen LogP contribution is -2.44. The number of rotatable bonds is 4. The summed E-state index contributed by atoms with van der Waals surface area (Å²) >= 11 is 1.66. The molecule has 2 heterocycles. The van der Waals surface area contributed by atoms with Gasteiger partial charge in [-0.1, -0.05) is 0 Å². The number of carbonyl (C=O) groups is 2. The van der Waals surface area contributed by atoms with Crippen molar-refractivity contribution in [2.75, 3.05) is 13.7 Å². The Balaban J connectivity index is 2.01. The van der Waals surface area contributed by atoms with Gasteiger partial charge < -0.3 is 9.64 Å². The van der Waals surface area contributed by atoms with Crippen LogP contribution in [-0.2, 0) is 14.3 Å². The average molecular weight is 307 g/mol. The van der Waals surface area contributed by atoms with Gasteiger partial charge in [-0.25, -0.2) is 0 Å². The van der Waals surface area contributed by atoms with Gasteiger partial charge >= 0.3 is 5.97 Å². The van der Waals surface area contributed by atoms with Gasteiger partial charge in [0.25, 0.3) is 0 Å². The number of hydrogen-bond donors (Lipinski definition) is 0. The summed E-state index contributed by atoms with van der Waals surface area (Å²) in [6, 6.07) is 4.01. The molecule has 1 fully saturated rings. The zero-order valence-corrected chi connectivity index (χ0v) is 13.3. The number of nitrogens with zero attached hydrogens (tertiary/aromatic N) is 1. The van der Waals surface area contributed by atoms with Crippen molar-refractivity contribution < 1.29 is 14.3 Å². The maximum atomic E-state index is 12.4. The molecule has 1 unspecified atom stereocenters. The Morgan fingerprint density at radius 2 is 2.24 bits per heavy atom. The second kappa shape index (κ2) is 7.41. The number of esters is 1. The molecule has 0 bridgehead atoms. The number of ether oxygens (including phenoxy) is 1. The molecular formula is C16H21NO3S. The van der Waals surface area contributed by atoms with Gasteiger partial charge in [-0.15, -0.1) is 11.3 Å². The SMILES string of the molecule is COC(=O)CC1CCCCN1C(=O)/C=C/c1ccc(C)s1. The van der Waals surface area contributed by atoms with Gasteiger partial charge in [-0.2, -0.15) is 0 Å². The Labute approximate surface area is 129 Å². The Bertz CT molecular complexity index is 535. The Hall–Kier alpha value is -1.62. The summed E-state index contributed by atoms with van der Waals surface area (Å²) in [6.45, 7) is 2.76. The quantitative estimate of drug-likeness (QED) is 0.634. The number of piperidine rings is 1. The molecule has 0 aromatic carbocycles. The molecule has 114 valence electrons. The van der Waals surface area contributed by atoms with Gasteiger partial charge in [-0.05, 0) is 44.4 Å². The third-order valence-electron chi connectivity index (χ3n) is 3.69. The number of amides is 1. The number of aryl methyl sites for hydroxylation is 1. The molecule has 1 aromatic rings. The van der Waals surface area contributed by atoms with E-state index in [-0.39, 0.29) is 24.3 Å². The van der Waals surface area contributed by atoms with Crippen LogP contribution in [0, 0.1) is 6.92 Å². The molecule has 0 spiro atoms. The van der Waals surface area contributed by atoms with Gasteiger partial charge in [0.2, 0.25) is 5.91 Å². The fraction of sp³-hybridized carbons (Fsp3) is 0.500.